The van der Waals surface area contributed by atoms with E-state index in [1.165, 1.54) is 0 Å². The number of methoxy groups -OCH3 is 1. The van der Waals surface area contributed by atoms with Crippen LogP contribution in [-0.4, -0.2) is 55.3 Å². The summed E-state index contributed by atoms with van der Waals surface area (Å²) >= 11 is 0. The molecule has 1 aliphatic heterocycles. The molecule has 1 fully saturated rings. The van der Waals surface area contributed by atoms with Gasteiger partial charge in [-0.3, -0.25) is 14.8 Å². The van der Waals surface area contributed by atoms with E-state index >= 15 is 0 Å². The quantitative estimate of drug-likeness (QED) is 0.537. The minimum Gasteiger partial charge on any atom is -0.388 e. The molecule has 152 valence electrons. The Balaban J connectivity index is 0.00000114. The first-order valence-corrected chi connectivity index (χ1v) is 8.98. The first kappa shape index (κ1) is 23.1. The first-order valence-electron chi connectivity index (χ1n) is 8.98. The molecule has 0 aromatic heterocycles. The van der Waals surface area contributed by atoms with Crippen LogP contribution in [0.1, 0.15) is 39.7 Å². The standard InChI is InChI=1S/C18H27N3O3.C2H6O/c1-16(2,14(22)20-24)17(3,4)21-12-11-18(19-5,15(21)23)13-9-7-6-8-10-13;1-3-2/h6-10,19,24H,11-12H2,1-5H3,(H,20,22);1-2H3. The number of likely N-dealkylation sites (tertiary alicyclic amines) is 1. The Kier molecular flexibility index (Phi) is 7.54. The highest BCUT2D eigenvalue weighted by atomic mass is 16.5. The molecule has 3 N–H and O–H groups in total. The van der Waals surface area contributed by atoms with E-state index in [9.17, 15) is 9.59 Å². The van der Waals surface area contributed by atoms with Crippen molar-refractivity contribution in [1.29, 1.82) is 0 Å². The zero-order chi connectivity index (χ0) is 20.9. The minimum absolute atomic E-state index is 0.0555. The average molecular weight is 380 g/mol. The van der Waals surface area contributed by atoms with E-state index in [2.05, 4.69) is 10.1 Å². The zero-order valence-electron chi connectivity index (χ0n) is 17.4. The molecule has 2 rings (SSSR count). The summed E-state index contributed by atoms with van der Waals surface area (Å²) in [6, 6.07) is 9.63. The second-order valence-corrected chi connectivity index (χ2v) is 7.76. The van der Waals surface area contributed by atoms with Gasteiger partial charge in [-0.2, -0.15) is 0 Å². The van der Waals surface area contributed by atoms with Gasteiger partial charge in [0, 0.05) is 20.8 Å². The van der Waals surface area contributed by atoms with Crippen molar-refractivity contribution in [3.05, 3.63) is 35.9 Å². The van der Waals surface area contributed by atoms with Crippen molar-refractivity contribution in [2.45, 2.75) is 45.2 Å². The molecule has 0 radical (unpaired) electrons. The van der Waals surface area contributed by atoms with Gasteiger partial charge in [0.15, 0.2) is 0 Å². The second kappa shape index (κ2) is 8.82. The van der Waals surface area contributed by atoms with Gasteiger partial charge in [0.1, 0.15) is 5.54 Å². The molecule has 7 heteroatoms. The molecule has 7 nitrogen and oxygen atoms in total. The van der Waals surface area contributed by atoms with Gasteiger partial charge >= 0.3 is 0 Å². The molecule has 0 bridgehead atoms. The van der Waals surface area contributed by atoms with Crippen molar-refractivity contribution in [2.24, 2.45) is 5.41 Å². The molecule has 1 unspecified atom stereocenters. The molecule has 0 spiro atoms. The maximum Gasteiger partial charge on any atom is 0.251 e. The monoisotopic (exact) mass is 379 g/mol. The third-order valence-corrected chi connectivity index (χ3v) is 5.89. The average Bonchev–Trinajstić information content (AvgIpc) is 3.00. The normalized spacial score (nSPS) is 20.1. The van der Waals surface area contributed by atoms with Crippen molar-refractivity contribution in [3.63, 3.8) is 0 Å². The molecule has 1 aromatic carbocycles. The van der Waals surface area contributed by atoms with Gasteiger partial charge in [-0.15, -0.1) is 0 Å². The molecular weight excluding hydrogens is 346 g/mol. The number of likely N-dealkylation sites (N-methyl/N-ethyl adjacent to an activating group) is 1. The van der Waals surface area contributed by atoms with Crippen molar-refractivity contribution < 1.29 is 19.5 Å². The van der Waals surface area contributed by atoms with Crippen LogP contribution in [0.4, 0.5) is 0 Å². The Morgan fingerprint density at radius 3 is 2.15 bits per heavy atom. The van der Waals surface area contributed by atoms with Crippen molar-refractivity contribution in [3.8, 4) is 0 Å². The highest BCUT2D eigenvalue weighted by Crippen LogP contribution is 2.43. The van der Waals surface area contributed by atoms with Gasteiger partial charge in [0.05, 0.1) is 11.0 Å². The Morgan fingerprint density at radius 2 is 1.70 bits per heavy atom. The van der Waals surface area contributed by atoms with Gasteiger partial charge < -0.3 is 15.0 Å². The van der Waals surface area contributed by atoms with Crippen molar-refractivity contribution >= 4 is 11.8 Å². The Morgan fingerprint density at radius 1 is 1.19 bits per heavy atom. The molecule has 27 heavy (non-hydrogen) atoms. The topological polar surface area (TPSA) is 90.9 Å². The van der Waals surface area contributed by atoms with E-state index in [1.54, 1.807) is 45.5 Å². The summed E-state index contributed by atoms with van der Waals surface area (Å²) < 4.78 is 4.25. The Hall–Kier alpha value is -1.96. The molecule has 1 heterocycles. The van der Waals surface area contributed by atoms with Crippen LogP contribution in [0, 0.1) is 5.41 Å². The highest BCUT2D eigenvalue weighted by Gasteiger charge is 2.56. The number of ether oxygens (including phenoxy) is 1. The first-order chi connectivity index (χ1) is 12.6. The second-order valence-electron chi connectivity index (χ2n) is 7.76. The summed E-state index contributed by atoms with van der Waals surface area (Å²) in [5.74, 6) is -0.568. The fourth-order valence-corrected chi connectivity index (χ4v) is 3.37. The van der Waals surface area contributed by atoms with Crippen LogP contribution < -0.4 is 10.8 Å². The summed E-state index contributed by atoms with van der Waals surface area (Å²) in [4.78, 5) is 27.2. The lowest BCUT2D eigenvalue weighted by atomic mass is 9.72. The summed E-state index contributed by atoms with van der Waals surface area (Å²) in [5, 5.41) is 12.3. The summed E-state index contributed by atoms with van der Waals surface area (Å²) in [7, 11) is 5.03. The molecule has 1 atom stereocenters. The smallest absolute Gasteiger partial charge is 0.251 e. The highest BCUT2D eigenvalue weighted by molar-refractivity contribution is 5.92. The largest absolute Gasteiger partial charge is 0.388 e. The van der Waals surface area contributed by atoms with Crippen molar-refractivity contribution in [1.82, 2.24) is 15.7 Å². The van der Waals surface area contributed by atoms with E-state index in [1.807, 2.05) is 44.2 Å². The fraction of sp³-hybridized carbons (Fsp3) is 0.600. The molecule has 0 saturated carbocycles. The fourth-order valence-electron chi connectivity index (χ4n) is 3.37. The number of benzene rings is 1. The van der Waals surface area contributed by atoms with Gasteiger partial charge in [-0.25, -0.2) is 5.48 Å². The van der Waals surface area contributed by atoms with Gasteiger partial charge in [-0.1, -0.05) is 30.3 Å². The van der Waals surface area contributed by atoms with Crippen LogP contribution in [0.25, 0.3) is 0 Å². The van der Waals surface area contributed by atoms with Crippen LogP contribution >= 0.6 is 0 Å². The Labute approximate surface area is 162 Å². The van der Waals surface area contributed by atoms with E-state index in [-0.39, 0.29) is 5.91 Å². The predicted molar refractivity (Wildman–Crippen MR) is 104 cm³/mol. The number of hydrogen-bond donors (Lipinski definition) is 3. The van der Waals surface area contributed by atoms with Gasteiger partial charge in [0.2, 0.25) is 5.91 Å². The minimum atomic E-state index is -0.960. The number of hydroxylamine groups is 1. The van der Waals surface area contributed by atoms with Crippen LogP contribution in [0.5, 0.6) is 0 Å². The third kappa shape index (κ3) is 4.00. The lowest BCUT2D eigenvalue weighted by Gasteiger charge is -2.46. The summed E-state index contributed by atoms with van der Waals surface area (Å²) in [6.45, 7) is 7.71. The number of nitrogens with zero attached hydrogens (tertiary/aromatic N) is 1. The lowest BCUT2D eigenvalue weighted by Crippen LogP contribution is -2.61. The molecule has 1 aromatic rings. The van der Waals surface area contributed by atoms with Crippen LogP contribution in [0.15, 0.2) is 30.3 Å². The number of rotatable bonds is 5. The van der Waals surface area contributed by atoms with E-state index < -0.39 is 22.4 Å². The lowest BCUT2D eigenvalue weighted by molar-refractivity contribution is -0.152. The molecule has 1 aliphatic rings. The van der Waals surface area contributed by atoms with Crippen LogP contribution in [0.3, 0.4) is 0 Å². The van der Waals surface area contributed by atoms with Crippen LogP contribution in [-0.2, 0) is 19.9 Å². The summed E-state index contributed by atoms with van der Waals surface area (Å²) in [5.41, 5.74) is 0.119. The molecular formula is C20H33N3O4. The Bertz CT molecular complexity index is 646. The maximum atomic E-state index is 13.3. The SMILES string of the molecule is CNC1(c2ccccc2)CCN(C(C)(C)C(C)(C)C(=O)NO)C1=O.COC. The number of nitrogens with one attached hydrogen (secondary N) is 2. The summed E-state index contributed by atoms with van der Waals surface area (Å²) in [6.07, 6.45) is 0.618. The zero-order valence-corrected chi connectivity index (χ0v) is 17.4. The number of amides is 2. The molecule has 2 amide bonds. The number of carbonyl (C=O) groups is 2. The van der Waals surface area contributed by atoms with E-state index in [4.69, 9.17) is 5.21 Å². The number of hydrogen-bond acceptors (Lipinski definition) is 5. The van der Waals surface area contributed by atoms with E-state index in [0.717, 1.165) is 5.56 Å². The van der Waals surface area contributed by atoms with Crippen molar-refractivity contribution in [2.75, 3.05) is 27.8 Å². The molecule has 0 aliphatic carbocycles. The van der Waals surface area contributed by atoms with Crippen LogP contribution in [0.2, 0.25) is 0 Å². The predicted octanol–water partition coefficient (Wildman–Crippen LogP) is 1.91. The third-order valence-electron chi connectivity index (χ3n) is 5.89. The maximum absolute atomic E-state index is 13.3. The number of carbonyl (C=O) groups excluding carboxylic acids is 2. The van der Waals surface area contributed by atoms with Gasteiger partial charge in [-0.05, 0) is 46.7 Å². The van der Waals surface area contributed by atoms with Gasteiger partial charge in [0.25, 0.3) is 5.91 Å². The van der Waals surface area contributed by atoms with E-state index in [0.29, 0.717) is 13.0 Å². The molecule has 1 saturated heterocycles.